The highest BCUT2D eigenvalue weighted by atomic mass is 35.5. The van der Waals surface area contributed by atoms with Crippen molar-refractivity contribution in [2.45, 2.75) is 6.54 Å². The fraction of sp³-hybridized carbons (Fsp3) is 0.167. The summed E-state index contributed by atoms with van der Waals surface area (Å²) in [5.41, 5.74) is 6.34. The number of nitrogens with zero attached hydrogens (tertiary/aromatic N) is 1. The van der Waals surface area contributed by atoms with Crippen LogP contribution < -0.4 is 10.6 Å². The van der Waals surface area contributed by atoms with Crippen LogP contribution in [0, 0.1) is 11.6 Å². The Hall–Kier alpha value is -1.33. The Balaban J connectivity index is 2.23. The maximum atomic E-state index is 13.2. The number of thiophene rings is 1. The predicted octanol–water partition coefficient (Wildman–Crippen LogP) is 3.90. The van der Waals surface area contributed by atoms with Crippen LogP contribution >= 0.6 is 22.9 Å². The lowest BCUT2D eigenvalue weighted by Gasteiger charge is -2.20. The molecule has 0 saturated heterocycles. The third-order valence-corrected chi connectivity index (χ3v) is 3.72. The lowest BCUT2D eigenvalue weighted by atomic mass is 10.2. The van der Waals surface area contributed by atoms with Gasteiger partial charge in [-0.05, 0) is 12.1 Å². The third kappa shape index (κ3) is 2.73. The summed E-state index contributed by atoms with van der Waals surface area (Å²) in [6.45, 7) is 0.534. The molecule has 0 unspecified atom stereocenters. The Morgan fingerprint density at radius 2 is 1.94 bits per heavy atom. The van der Waals surface area contributed by atoms with Crippen LogP contribution in [0.25, 0.3) is 0 Å². The van der Waals surface area contributed by atoms with Crippen LogP contribution in [-0.4, -0.2) is 7.05 Å². The molecule has 0 aliphatic carbocycles. The van der Waals surface area contributed by atoms with E-state index in [1.807, 2.05) is 6.07 Å². The second kappa shape index (κ2) is 5.12. The van der Waals surface area contributed by atoms with E-state index in [2.05, 4.69) is 0 Å². The largest absolute Gasteiger partial charge is 0.397 e. The van der Waals surface area contributed by atoms with Crippen molar-refractivity contribution < 1.29 is 8.78 Å². The number of anilines is 2. The molecule has 0 aliphatic rings. The van der Waals surface area contributed by atoms with E-state index in [1.165, 1.54) is 11.3 Å². The highest BCUT2D eigenvalue weighted by molar-refractivity contribution is 7.16. The minimum absolute atomic E-state index is 0.207. The first kappa shape index (κ1) is 13.1. The molecule has 0 atom stereocenters. The summed E-state index contributed by atoms with van der Waals surface area (Å²) in [5, 5.41) is 0. The number of hydrogen-bond acceptors (Lipinski definition) is 3. The molecule has 0 bridgehead atoms. The molecule has 0 radical (unpaired) electrons. The average molecular weight is 289 g/mol. The lowest BCUT2D eigenvalue weighted by molar-refractivity contribution is 0.509. The van der Waals surface area contributed by atoms with Gasteiger partial charge in [-0.2, -0.15) is 0 Å². The monoisotopic (exact) mass is 288 g/mol. The van der Waals surface area contributed by atoms with Gasteiger partial charge in [0, 0.05) is 24.1 Å². The Morgan fingerprint density at radius 1 is 1.28 bits per heavy atom. The van der Waals surface area contributed by atoms with Gasteiger partial charge in [0.05, 0.1) is 22.3 Å². The van der Waals surface area contributed by atoms with Gasteiger partial charge in [-0.1, -0.05) is 11.6 Å². The molecular formula is C12H11ClF2N2S. The van der Waals surface area contributed by atoms with Gasteiger partial charge < -0.3 is 10.6 Å². The quantitative estimate of drug-likeness (QED) is 0.868. The van der Waals surface area contributed by atoms with Crippen LogP contribution in [0.4, 0.5) is 20.2 Å². The zero-order chi connectivity index (χ0) is 13.3. The summed E-state index contributed by atoms with van der Waals surface area (Å²) in [6.07, 6.45) is 0. The third-order valence-electron chi connectivity index (χ3n) is 2.50. The van der Waals surface area contributed by atoms with Crippen LogP contribution in [0.15, 0.2) is 24.3 Å². The average Bonchev–Trinajstić information content (AvgIpc) is 2.69. The van der Waals surface area contributed by atoms with Gasteiger partial charge >= 0.3 is 0 Å². The molecule has 2 N–H and O–H groups in total. The molecule has 2 rings (SSSR count). The molecule has 1 aromatic heterocycles. The van der Waals surface area contributed by atoms with Crippen molar-refractivity contribution in [2.75, 3.05) is 17.7 Å². The number of nitrogens with two attached hydrogens (primary N) is 1. The first-order valence-corrected chi connectivity index (χ1v) is 6.36. The molecule has 1 aromatic carbocycles. The summed E-state index contributed by atoms with van der Waals surface area (Å²) >= 11 is 7.27. The molecule has 2 aromatic rings. The van der Waals surface area contributed by atoms with Gasteiger partial charge in [-0.25, -0.2) is 8.78 Å². The second-order valence-corrected chi connectivity index (χ2v) is 5.69. The summed E-state index contributed by atoms with van der Waals surface area (Å²) < 4.78 is 26.8. The number of hydrogen-bond donors (Lipinski definition) is 1. The molecule has 0 saturated carbocycles. The number of nitrogen functional groups attached to an aromatic ring is 1. The van der Waals surface area contributed by atoms with Gasteiger partial charge in [0.1, 0.15) is 0 Å². The van der Waals surface area contributed by atoms with Gasteiger partial charge in [0.25, 0.3) is 0 Å². The van der Waals surface area contributed by atoms with Gasteiger partial charge in [-0.15, -0.1) is 11.3 Å². The van der Waals surface area contributed by atoms with Gasteiger partial charge in [0.15, 0.2) is 11.6 Å². The molecule has 2 nitrogen and oxygen atoms in total. The maximum Gasteiger partial charge on any atom is 0.161 e. The topological polar surface area (TPSA) is 29.3 Å². The summed E-state index contributed by atoms with van der Waals surface area (Å²) in [5.74, 6) is -1.85. The fourth-order valence-electron chi connectivity index (χ4n) is 1.64. The van der Waals surface area contributed by atoms with E-state index in [0.29, 0.717) is 16.6 Å². The van der Waals surface area contributed by atoms with Crippen molar-refractivity contribution in [1.29, 1.82) is 0 Å². The Kier molecular flexibility index (Phi) is 3.73. The van der Waals surface area contributed by atoms with Crippen LogP contribution in [0.1, 0.15) is 4.88 Å². The standard InChI is InChI=1S/C12H11ClF2N2S/c1-17(6-7-2-3-12(13)18-7)11-5-9(15)8(14)4-10(11)16/h2-5H,6,16H2,1H3. The van der Waals surface area contributed by atoms with E-state index < -0.39 is 11.6 Å². The lowest BCUT2D eigenvalue weighted by Crippen LogP contribution is -2.17. The zero-order valence-electron chi connectivity index (χ0n) is 9.58. The van der Waals surface area contributed by atoms with Crippen LogP contribution in [0.2, 0.25) is 4.34 Å². The van der Waals surface area contributed by atoms with Crippen LogP contribution in [0.5, 0.6) is 0 Å². The molecular weight excluding hydrogens is 278 g/mol. The van der Waals surface area contributed by atoms with Crippen molar-refractivity contribution in [3.63, 3.8) is 0 Å². The maximum absolute atomic E-state index is 13.2. The van der Waals surface area contributed by atoms with Crippen LogP contribution in [-0.2, 0) is 6.54 Å². The van der Waals surface area contributed by atoms with E-state index in [0.717, 1.165) is 17.0 Å². The van der Waals surface area contributed by atoms with Crippen molar-refractivity contribution in [3.8, 4) is 0 Å². The fourth-order valence-corrected chi connectivity index (χ4v) is 2.78. The first-order chi connectivity index (χ1) is 8.47. The zero-order valence-corrected chi connectivity index (χ0v) is 11.2. The highest BCUT2D eigenvalue weighted by Gasteiger charge is 2.12. The second-order valence-electron chi connectivity index (χ2n) is 3.89. The first-order valence-electron chi connectivity index (χ1n) is 5.17. The van der Waals surface area contributed by atoms with Crippen molar-refractivity contribution in [1.82, 2.24) is 0 Å². The summed E-state index contributed by atoms with van der Waals surface area (Å²) in [6, 6.07) is 5.77. The normalized spacial score (nSPS) is 10.7. The molecule has 0 aliphatic heterocycles. The number of benzene rings is 1. The summed E-state index contributed by atoms with van der Waals surface area (Å²) in [4.78, 5) is 2.77. The van der Waals surface area contributed by atoms with E-state index in [1.54, 1.807) is 18.0 Å². The minimum Gasteiger partial charge on any atom is -0.397 e. The predicted molar refractivity (Wildman–Crippen MR) is 72.2 cm³/mol. The van der Waals surface area contributed by atoms with Gasteiger partial charge in [-0.3, -0.25) is 0 Å². The number of rotatable bonds is 3. The van der Waals surface area contributed by atoms with E-state index in [4.69, 9.17) is 17.3 Å². The van der Waals surface area contributed by atoms with Gasteiger partial charge in [0.2, 0.25) is 0 Å². The minimum atomic E-state index is -0.941. The van der Waals surface area contributed by atoms with Crippen molar-refractivity contribution in [3.05, 3.63) is 45.1 Å². The Morgan fingerprint density at radius 3 is 2.56 bits per heavy atom. The van der Waals surface area contributed by atoms with E-state index >= 15 is 0 Å². The van der Waals surface area contributed by atoms with Crippen molar-refractivity contribution >= 4 is 34.3 Å². The molecule has 18 heavy (non-hydrogen) atoms. The molecule has 96 valence electrons. The molecule has 6 heteroatoms. The van der Waals surface area contributed by atoms with E-state index in [9.17, 15) is 8.78 Å². The number of halogens is 3. The molecule has 0 fully saturated rings. The Labute approximate surface area is 113 Å². The van der Waals surface area contributed by atoms with Crippen LogP contribution in [0.3, 0.4) is 0 Å². The van der Waals surface area contributed by atoms with E-state index in [-0.39, 0.29) is 5.69 Å². The highest BCUT2D eigenvalue weighted by Crippen LogP contribution is 2.28. The SMILES string of the molecule is CN(Cc1ccc(Cl)s1)c1cc(F)c(F)cc1N. The smallest absolute Gasteiger partial charge is 0.161 e. The molecule has 1 heterocycles. The molecule has 0 amide bonds. The summed E-state index contributed by atoms with van der Waals surface area (Å²) in [7, 11) is 1.76. The Bertz CT molecular complexity index is 571. The van der Waals surface area contributed by atoms with Crippen molar-refractivity contribution in [2.24, 2.45) is 0 Å². The molecule has 0 spiro atoms.